The van der Waals surface area contributed by atoms with Crippen molar-refractivity contribution < 1.29 is 0 Å². The van der Waals surface area contributed by atoms with Gasteiger partial charge in [-0.1, -0.05) is 20.8 Å². The van der Waals surface area contributed by atoms with E-state index in [-0.39, 0.29) is 5.56 Å². The zero-order valence-electron chi connectivity index (χ0n) is 10.6. The second kappa shape index (κ2) is 5.80. The second-order valence-electron chi connectivity index (χ2n) is 4.37. The van der Waals surface area contributed by atoms with E-state index in [1.807, 2.05) is 19.9 Å². The molecule has 4 nitrogen and oxygen atoms in total. The van der Waals surface area contributed by atoms with Gasteiger partial charge in [0.15, 0.2) is 0 Å². The Hall–Kier alpha value is -1.16. The van der Waals surface area contributed by atoms with Crippen LogP contribution in [0, 0.1) is 6.92 Å². The molecule has 0 aromatic carbocycles. The molecule has 1 heterocycles. The van der Waals surface area contributed by atoms with E-state index in [1.165, 1.54) is 0 Å². The molecule has 1 rings (SSSR count). The van der Waals surface area contributed by atoms with Crippen LogP contribution in [0.25, 0.3) is 0 Å². The molecule has 90 valence electrons. The minimum absolute atomic E-state index is 0.0283. The first kappa shape index (κ1) is 12.9. The zero-order valence-corrected chi connectivity index (χ0v) is 10.6. The van der Waals surface area contributed by atoms with Crippen LogP contribution < -0.4 is 10.9 Å². The van der Waals surface area contributed by atoms with Gasteiger partial charge in [-0.3, -0.25) is 4.79 Å². The quantitative estimate of drug-likeness (QED) is 0.822. The second-order valence-corrected chi connectivity index (χ2v) is 4.37. The molecule has 0 unspecified atom stereocenters. The average molecular weight is 223 g/mol. The number of hydrogen-bond donors (Lipinski definition) is 1. The van der Waals surface area contributed by atoms with Crippen LogP contribution in [0.4, 0.5) is 0 Å². The van der Waals surface area contributed by atoms with Gasteiger partial charge in [0.25, 0.3) is 5.56 Å². The van der Waals surface area contributed by atoms with Gasteiger partial charge >= 0.3 is 0 Å². The fourth-order valence-corrected chi connectivity index (χ4v) is 1.55. The molecule has 0 aliphatic carbocycles. The maximum atomic E-state index is 12.0. The molecule has 0 saturated heterocycles. The number of nitrogens with zero attached hydrogens (tertiary/aromatic N) is 2. The smallest absolute Gasteiger partial charge is 0.271 e. The molecular formula is C12H21N3O. The molecule has 4 heteroatoms. The van der Waals surface area contributed by atoms with E-state index in [4.69, 9.17) is 0 Å². The third-order valence-electron chi connectivity index (χ3n) is 2.31. The van der Waals surface area contributed by atoms with Gasteiger partial charge in [-0.05, 0) is 19.4 Å². The van der Waals surface area contributed by atoms with Gasteiger partial charge in [-0.2, -0.15) is 5.10 Å². The highest BCUT2D eigenvalue weighted by atomic mass is 16.1. The van der Waals surface area contributed by atoms with Crippen molar-refractivity contribution >= 4 is 0 Å². The van der Waals surface area contributed by atoms with E-state index >= 15 is 0 Å². The van der Waals surface area contributed by atoms with Crippen molar-refractivity contribution in [2.45, 2.75) is 53.2 Å². The summed E-state index contributed by atoms with van der Waals surface area (Å²) in [5, 5.41) is 7.48. The van der Waals surface area contributed by atoms with Crippen LogP contribution >= 0.6 is 0 Å². The number of nitrogens with one attached hydrogen (secondary N) is 1. The molecule has 0 radical (unpaired) electrons. The highest BCUT2D eigenvalue weighted by Gasteiger charge is 2.06. The minimum atomic E-state index is 0.0283. The van der Waals surface area contributed by atoms with Gasteiger partial charge in [-0.25, -0.2) is 4.68 Å². The Morgan fingerprint density at radius 2 is 2.19 bits per heavy atom. The maximum Gasteiger partial charge on any atom is 0.271 e. The van der Waals surface area contributed by atoms with Crippen molar-refractivity contribution in [3.63, 3.8) is 0 Å². The first-order valence-corrected chi connectivity index (χ1v) is 5.85. The van der Waals surface area contributed by atoms with Crippen molar-refractivity contribution in [2.75, 3.05) is 0 Å². The first-order chi connectivity index (χ1) is 7.54. The third-order valence-corrected chi connectivity index (χ3v) is 2.31. The Kier molecular flexibility index (Phi) is 4.68. The van der Waals surface area contributed by atoms with Crippen LogP contribution in [0.1, 0.15) is 38.4 Å². The lowest BCUT2D eigenvalue weighted by molar-refractivity contribution is 0.537. The normalized spacial score (nSPS) is 11.1. The van der Waals surface area contributed by atoms with Crippen molar-refractivity contribution in [3.8, 4) is 0 Å². The van der Waals surface area contributed by atoms with E-state index in [1.54, 1.807) is 4.68 Å². The van der Waals surface area contributed by atoms with Gasteiger partial charge in [0.2, 0.25) is 0 Å². The average Bonchev–Trinajstić information content (AvgIpc) is 2.21. The summed E-state index contributed by atoms with van der Waals surface area (Å²) in [6.07, 6.45) is 0.924. The molecule has 0 spiro atoms. The van der Waals surface area contributed by atoms with Crippen LogP contribution in [0.15, 0.2) is 10.9 Å². The molecule has 1 aromatic rings. The van der Waals surface area contributed by atoms with E-state index < -0.39 is 0 Å². The number of aromatic nitrogens is 2. The summed E-state index contributed by atoms with van der Waals surface area (Å²) in [5.41, 5.74) is 1.73. The summed E-state index contributed by atoms with van der Waals surface area (Å²) in [6, 6.07) is 2.25. The van der Waals surface area contributed by atoms with Gasteiger partial charge in [0.1, 0.15) is 0 Å². The van der Waals surface area contributed by atoms with Crippen LogP contribution in [-0.2, 0) is 13.1 Å². The van der Waals surface area contributed by atoms with Gasteiger partial charge < -0.3 is 5.32 Å². The molecule has 0 aliphatic rings. The maximum absolute atomic E-state index is 12.0. The number of aryl methyl sites for hydroxylation is 2. The molecule has 0 saturated carbocycles. The van der Waals surface area contributed by atoms with Gasteiger partial charge in [0, 0.05) is 24.7 Å². The monoisotopic (exact) mass is 223 g/mol. The van der Waals surface area contributed by atoms with Crippen LogP contribution in [0.2, 0.25) is 0 Å². The highest BCUT2D eigenvalue weighted by Crippen LogP contribution is 1.97. The van der Waals surface area contributed by atoms with Crippen molar-refractivity contribution in [1.82, 2.24) is 15.1 Å². The van der Waals surface area contributed by atoms with Crippen molar-refractivity contribution in [2.24, 2.45) is 0 Å². The summed E-state index contributed by atoms with van der Waals surface area (Å²) in [6.45, 7) is 9.41. The van der Waals surface area contributed by atoms with Gasteiger partial charge in [0.05, 0.1) is 5.69 Å². The van der Waals surface area contributed by atoms with E-state index in [0.717, 1.165) is 17.7 Å². The standard InChI is InChI=1S/C12H21N3O/c1-5-6-15-12(16)11(7-10(4)14-15)8-13-9(2)3/h7,9,13H,5-6,8H2,1-4H3. The number of hydrogen-bond acceptors (Lipinski definition) is 3. The summed E-state index contributed by atoms with van der Waals surface area (Å²) in [7, 11) is 0. The Labute approximate surface area is 96.7 Å². The molecule has 0 fully saturated rings. The molecular weight excluding hydrogens is 202 g/mol. The predicted octanol–water partition coefficient (Wildman–Crippen LogP) is 1.46. The number of rotatable bonds is 5. The molecule has 0 amide bonds. The zero-order chi connectivity index (χ0) is 12.1. The fraction of sp³-hybridized carbons (Fsp3) is 0.667. The van der Waals surface area contributed by atoms with E-state index in [9.17, 15) is 4.79 Å². The van der Waals surface area contributed by atoms with Crippen LogP contribution in [-0.4, -0.2) is 15.8 Å². The molecule has 0 aliphatic heterocycles. The van der Waals surface area contributed by atoms with Gasteiger partial charge in [-0.15, -0.1) is 0 Å². The minimum Gasteiger partial charge on any atom is -0.310 e. The first-order valence-electron chi connectivity index (χ1n) is 5.85. The Morgan fingerprint density at radius 3 is 2.75 bits per heavy atom. The largest absolute Gasteiger partial charge is 0.310 e. The Morgan fingerprint density at radius 1 is 1.50 bits per heavy atom. The Balaban J connectivity index is 2.95. The summed E-state index contributed by atoms with van der Waals surface area (Å²) in [5.74, 6) is 0. The lowest BCUT2D eigenvalue weighted by Gasteiger charge is -2.10. The SMILES string of the molecule is CCCn1nc(C)cc(CNC(C)C)c1=O. The van der Waals surface area contributed by atoms with Crippen molar-refractivity contribution in [1.29, 1.82) is 0 Å². The lowest BCUT2D eigenvalue weighted by atomic mass is 10.2. The molecule has 1 aromatic heterocycles. The lowest BCUT2D eigenvalue weighted by Crippen LogP contribution is -2.31. The molecule has 0 atom stereocenters. The third kappa shape index (κ3) is 3.45. The fourth-order valence-electron chi connectivity index (χ4n) is 1.55. The van der Waals surface area contributed by atoms with Crippen LogP contribution in [0.5, 0.6) is 0 Å². The molecule has 16 heavy (non-hydrogen) atoms. The molecule has 1 N–H and O–H groups in total. The predicted molar refractivity (Wildman–Crippen MR) is 65.5 cm³/mol. The highest BCUT2D eigenvalue weighted by molar-refractivity contribution is 5.12. The van der Waals surface area contributed by atoms with Crippen LogP contribution in [0.3, 0.4) is 0 Å². The summed E-state index contributed by atoms with van der Waals surface area (Å²) < 4.78 is 1.56. The van der Waals surface area contributed by atoms with Crippen molar-refractivity contribution in [3.05, 3.63) is 27.7 Å². The van der Waals surface area contributed by atoms with E-state index in [2.05, 4.69) is 24.3 Å². The summed E-state index contributed by atoms with van der Waals surface area (Å²) in [4.78, 5) is 12.0. The van der Waals surface area contributed by atoms with E-state index in [0.29, 0.717) is 19.1 Å². The Bertz CT molecular complexity index is 396. The molecule has 0 bridgehead atoms. The topological polar surface area (TPSA) is 46.9 Å². The summed E-state index contributed by atoms with van der Waals surface area (Å²) >= 11 is 0.